The Bertz CT molecular complexity index is 630. The molecule has 3 N–H and O–H groups in total. The number of aromatic nitrogens is 3. The molecule has 0 bridgehead atoms. The third-order valence-corrected chi connectivity index (χ3v) is 2.33. The normalized spacial score (nSPS) is 11.2. The summed E-state index contributed by atoms with van der Waals surface area (Å²) in [7, 11) is 0. The minimum absolute atomic E-state index is 0.0912. The molecular weight excluding hydrogens is 291 g/mol. The van der Waals surface area contributed by atoms with Gasteiger partial charge in [0.1, 0.15) is 0 Å². The lowest BCUT2D eigenvalue weighted by Crippen LogP contribution is -2.22. The molecule has 0 saturated heterocycles. The highest BCUT2D eigenvalue weighted by molar-refractivity contribution is 7.80. The number of nitrogens with one attached hydrogen (secondary N) is 1. The van der Waals surface area contributed by atoms with Crippen LogP contribution in [-0.2, 0) is 6.18 Å². The van der Waals surface area contributed by atoms with Gasteiger partial charge in [-0.1, -0.05) is 0 Å². The van der Waals surface area contributed by atoms with Crippen LogP contribution in [0.5, 0.6) is 0 Å². The molecule has 0 aliphatic carbocycles. The molecule has 104 valence electrons. The van der Waals surface area contributed by atoms with Crippen molar-refractivity contribution >= 4 is 23.3 Å². The smallest absolute Gasteiger partial charge is 0.376 e. The molecule has 0 aromatic carbocycles. The van der Waals surface area contributed by atoms with Crippen molar-refractivity contribution in [3.63, 3.8) is 0 Å². The van der Waals surface area contributed by atoms with Crippen LogP contribution in [0.2, 0.25) is 0 Å². The van der Waals surface area contributed by atoms with Crippen LogP contribution in [0.15, 0.2) is 30.6 Å². The van der Waals surface area contributed by atoms with Crippen LogP contribution < -0.4 is 11.1 Å². The van der Waals surface area contributed by atoms with Gasteiger partial charge >= 0.3 is 6.18 Å². The first-order valence-electron chi connectivity index (χ1n) is 5.29. The Morgan fingerprint density at radius 2 is 1.85 bits per heavy atom. The average Bonchev–Trinajstić information content (AvgIpc) is 2.37. The number of hydrogen-bond donors (Lipinski definition) is 2. The second-order valence-electron chi connectivity index (χ2n) is 3.68. The number of nitrogens with zero attached hydrogens (tertiary/aromatic N) is 3. The third kappa shape index (κ3) is 3.38. The molecular formula is C11H8F3N5S. The zero-order valence-corrected chi connectivity index (χ0v) is 10.7. The van der Waals surface area contributed by atoms with Crippen molar-refractivity contribution in [2.45, 2.75) is 6.18 Å². The molecule has 2 rings (SSSR count). The number of pyridine rings is 1. The lowest BCUT2D eigenvalue weighted by molar-refractivity contribution is -0.141. The van der Waals surface area contributed by atoms with E-state index in [0.29, 0.717) is 5.56 Å². The summed E-state index contributed by atoms with van der Waals surface area (Å²) in [4.78, 5) is 11.1. The summed E-state index contributed by atoms with van der Waals surface area (Å²) in [6.45, 7) is 0. The Labute approximate surface area is 117 Å². The summed E-state index contributed by atoms with van der Waals surface area (Å²) >= 11 is 4.57. The quantitative estimate of drug-likeness (QED) is 0.828. The van der Waals surface area contributed by atoms with E-state index >= 15 is 0 Å². The molecule has 2 aromatic heterocycles. The maximum absolute atomic E-state index is 12.8. The molecule has 20 heavy (non-hydrogen) atoms. The van der Waals surface area contributed by atoms with E-state index in [1.165, 1.54) is 24.5 Å². The highest BCUT2D eigenvalue weighted by Crippen LogP contribution is 2.30. The van der Waals surface area contributed by atoms with Gasteiger partial charge in [-0.25, -0.2) is 9.97 Å². The Balaban J connectivity index is 2.54. The molecule has 9 heteroatoms. The maximum atomic E-state index is 12.8. The number of rotatable bonds is 2. The Morgan fingerprint density at radius 1 is 1.20 bits per heavy atom. The zero-order chi connectivity index (χ0) is 14.8. The van der Waals surface area contributed by atoms with E-state index in [4.69, 9.17) is 5.73 Å². The number of thiocarbonyl (C=S) groups is 1. The van der Waals surface area contributed by atoms with Crippen LogP contribution in [0, 0.1) is 0 Å². The van der Waals surface area contributed by atoms with Crippen molar-refractivity contribution in [3.05, 3.63) is 36.3 Å². The highest BCUT2D eigenvalue weighted by atomic mass is 32.1. The SMILES string of the molecule is NC(=S)Nc1nc(-c2ccncc2)cc(C(F)(F)F)n1. The average molecular weight is 299 g/mol. The molecule has 0 aliphatic rings. The van der Waals surface area contributed by atoms with Crippen LogP contribution >= 0.6 is 12.2 Å². The standard InChI is InChI=1S/C11H8F3N5S/c12-11(13,14)8-5-7(6-1-3-16-4-2-6)17-10(18-8)19-9(15)20/h1-5H,(H3,15,17,18,19,20). The summed E-state index contributed by atoms with van der Waals surface area (Å²) in [5, 5.41) is 2.08. The van der Waals surface area contributed by atoms with Crippen molar-refractivity contribution in [1.29, 1.82) is 0 Å². The van der Waals surface area contributed by atoms with Gasteiger partial charge < -0.3 is 11.1 Å². The summed E-state index contributed by atoms with van der Waals surface area (Å²) in [6.07, 6.45) is -1.70. The molecule has 0 spiro atoms. The van der Waals surface area contributed by atoms with Crippen LogP contribution in [0.4, 0.5) is 19.1 Å². The molecule has 2 aromatic rings. The van der Waals surface area contributed by atoms with Gasteiger partial charge in [0.05, 0.1) is 5.69 Å². The van der Waals surface area contributed by atoms with Crippen LogP contribution in [0.3, 0.4) is 0 Å². The van der Waals surface area contributed by atoms with Gasteiger partial charge in [-0.05, 0) is 30.4 Å². The summed E-state index contributed by atoms with van der Waals surface area (Å²) in [5.74, 6) is -0.306. The maximum Gasteiger partial charge on any atom is 0.433 e. The van der Waals surface area contributed by atoms with Crippen molar-refractivity contribution < 1.29 is 13.2 Å². The molecule has 0 fully saturated rings. The predicted molar refractivity (Wildman–Crippen MR) is 70.7 cm³/mol. The van der Waals surface area contributed by atoms with Crippen LogP contribution in [-0.4, -0.2) is 20.1 Å². The topological polar surface area (TPSA) is 76.7 Å². The molecule has 0 amide bonds. The van der Waals surface area contributed by atoms with Gasteiger partial charge in [-0.15, -0.1) is 0 Å². The summed E-state index contributed by atoms with van der Waals surface area (Å²) in [5.41, 5.74) is 4.70. The Hall–Kier alpha value is -2.29. The first kappa shape index (κ1) is 14.1. The first-order valence-corrected chi connectivity index (χ1v) is 5.70. The monoisotopic (exact) mass is 299 g/mol. The fraction of sp³-hybridized carbons (Fsp3) is 0.0909. The second kappa shape index (κ2) is 5.37. The minimum atomic E-state index is -4.60. The first-order chi connectivity index (χ1) is 9.36. The Kier molecular flexibility index (Phi) is 3.79. The van der Waals surface area contributed by atoms with Crippen molar-refractivity contribution in [2.75, 3.05) is 5.32 Å². The molecule has 2 heterocycles. The second-order valence-corrected chi connectivity index (χ2v) is 4.12. The van der Waals surface area contributed by atoms with Crippen LogP contribution in [0.25, 0.3) is 11.3 Å². The fourth-order valence-corrected chi connectivity index (χ4v) is 1.52. The third-order valence-electron chi connectivity index (χ3n) is 2.23. The lowest BCUT2D eigenvalue weighted by Gasteiger charge is -2.11. The number of nitrogens with two attached hydrogens (primary N) is 1. The number of alkyl halides is 3. The minimum Gasteiger partial charge on any atom is -0.376 e. The van der Waals surface area contributed by atoms with Crippen molar-refractivity contribution in [1.82, 2.24) is 15.0 Å². The molecule has 5 nitrogen and oxygen atoms in total. The van der Waals surface area contributed by atoms with Gasteiger partial charge in [0.15, 0.2) is 10.8 Å². The highest BCUT2D eigenvalue weighted by Gasteiger charge is 2.33. The number of hydrogen-bond acceptors (Lipinski definition) is 4. The zero-order valence-electron chi connectivity index (χ0n) is 9.85. The van der Waals surface area contributed by atoms with Gasteiger partial charge in [0.25, 0.3) is 0 Å². The van der Waals surface area contributed by atoms with Gasteiger partial charge in [0, 0.05) is 18.0 Å². The largest absolute Gasteiger partial charge is 0.433 e. The van der Waals surface area contributed by atoms with Gasteiger partial charge in [-0.2, -0.15) is 13.2 Å². The number of halogens is 3. The van der Waals surface area contributed by atoms with Gasteiger partial charge in [0.2, 0.25) is 5.95 Å². The molecule has 0 aliphatic heterocycles. The number of anilines is 1. The van der Waals surface area contributed by atoms with Gasteiger partial charge in [-0.3, -0.25) is 4.98 Å². The Morgan fingerprint density at radius 3 is 2.40 bits per heavy atom. The van der Waals surface area contributed by atoms with E-state index in [1.807, 2.05) is 0 Å². The molecule has 0 unspecified atom stereocenters. The molecule has 0 radical (unpaired) electrons. The van der Waals surface area contributed by atoms with E-state index in [1.54, 1.807) is 0 Å². The fourth-order valence-electron chi connectivity index (χ4n) is 1.43. The van der Waals surface area contributed by atoms with Crippen molar-refractivity contribution in [2.24, 2.45) is 5.73 Å². The predicted octanol–water partition coefficient (Wildman–Crippen LogP) is 2.21. The van der Waals surface area contributed by atoms with E-state index in [2.05, 4.69) is 32.5 Å². The molecule has 0 atom stereocenters. The lowest BCUT2D eigenvalue weighted by atomic mass is 10.2. The van der Waals surface area contributed by atoms with E-state index in [9.17, 15) is 13.2 Å². The van der Waals surface area contributed by atoms with E-state index in [0.717, 1.165) is 6.07 Å². The summed E-state index contributed by atoms with van der Waals surface area (Å²) < 4.78 is 38.4. The van der Waals surface area contributed by atoms with Crippen LogP contribution in [0.1, 0.15) is 5.69 Å². The molecule has 0 saturated carbocycles. The van der Waals surface area contributed by atoms with E-state index < -0.39 is 11.9 Å². The van der Waals surface area contributed by atoms with E-state index in [-0.39, 0.29) is 16.8 Å². The summed E-state index contributed by atoms with van der Waals surface area (Å²) in [6, 6.07) is 3.92. The van der Waals surface area contributed by atoms with Crippen molar-refractivity contribution in [3.8, 4) is 11.3 Å².